The Labute approximate surface area is 102 Å². The summed E-state index contributed by atoms with van der Waals surface area (Å²) in [5.41, 5.74) is 0. The van der Waals surface area contributed by atoms with Gasteiger partial charge in [-0.2, -0.15) is 0 Å². The minimum absolute atomic E-state index is 0.0699. The van der Waals surface area contributed by atoms with Gasteiger partial charge in [-0.1, -0.05) is 0 Å². The van der Waals surface area contributed by atoms with Crippen molar-refractivity contribution >= 4 is 0 Å². The van der Waals surface area contributed by atoms with Crippen molar-refractivity contribution in [3.8, 4) is 0 Å². The van der Waals surface area contributed by atoms with Crippen molar-refractivity contribution in [1.82, 2.24) is 10.2 Å². The van der Waals surface area contributed by atoms with Crippen LogP contribution in [0.25, 0.3) is 0 Å². The third kappa shape index (κ3) is 2.10. The van der Waals surface area contributed by atoms with Gasteiger partial charge in [0.25, 0.3) is 5.92 Å². The zero-order chi connectivity index (χ0) is 12.0. The van der Waals surface area contributed by atoms with Crippen molar-refractivity contribution in [2.24, 2.45) is 11.8 Å². The quantitative estimate of drug-likeness (QED) is 0.760. The van der Waals surface area contributed by atoms with E-state index < -0.39 is 11.8 Å². The third-order valence-corrected chi connectivity index (χ3v) is 4.99. The van der Waals surface area contributed by atoms with Gasteiger partial charge in [0, 0.05) is 24.4 Å². The molecule has 0 aromatic heterocycles. The Balaban J connectivity index is 1.75. The largest absolute Gasteiger partial charge is 0.310 e. The smallest absolute Gasteiger partial charge is 0.254 e. The van der Waals surface area contributed by atoms with Crippen LogP contribution in [0.3, 0.4) is 0 Å². The van der Waals surface area contributed by atoms with E-state index >= 15 is 0 Å². The predicted molar refractivity (Wildman–Crippen MR) is 63.2 cm³/mol. The first-order chi connectivity index (χ1) is 8.06. The minimum atomic E-state index is -2.43. The summed E-state index contributed by atoms with van der Waals surface area (Å²) in [6, 6.07) is 0.162. The maximum Gasteiger partial charge on any atom is 0.254 e. The summed E-state index contributed by atoms with van der Waals surface area (Å²) < 4.78 is 28.5. The highest BCUT2D eigenvalue weighted by Crippen LogP contribution is 2.47. The minimum Gasteiger partial charge on any atom is -0.310 e. The van der Waals surface area contributed by atoms with Gasteiger partial charge in [0.15, 0.2) is 0 Å². The Bertz CT molecular complexity index is 287. The lowest BCUT2D eigenvalue weighted by Gasteiger charge is -2.44. The molecule has 0 amide bonds. The first kappa shape index (κ1) is 11.8. The average molecular weight is 244 g/mol. The number of fused-ring (bicyclic) bond motifs is 2. The number of hydrogen-bond donors (Lipinski definition) is 1. The lowest BCUT2D eigenvalue weighted by atomic mass is 9.74. The van der Waals surface area contributed by atoms with Crippen LogP contribution in [-0.4, -0.2) is 43.0 Å². The highest BCUT2D eigenvalue weighted by Gasteiger charge is 2.55. The van der Waals surface area contributed by atoms with Crippen molar-refractivity contribution in [2.75, 3.05) is 20.1 Å². The van der Waals surface area contributed by atoms with Crippen LogP contribution in [0, 0.1) is 11.8 Å². The molecule has 3 aliphatic heterocycles. The van der Waals surface area contributed by atoms with Crippen LogP contribution < -0.4 is 5.32 Å². The molecule has 0 aliphatic carbocycles. The second-order valence-electron chi connectivity index (χ2n) is 6.18. The second-order valence-corrected chi connectivity index (χ2v) is 6.18. The first-order valence-electron chi connectivity index (χ1n) is 6.89. The van der Waals surface area contributed by atoms with E-state index in [2.05, 4.69) is 17.3 Å². The normalized spacial score (nSPS) is 42.9. The molecule has 0 spiro atoms. The molecule has 3 saturated heterocycles. The van der Waals surface area contributed by atoms with Gasteiger partial charge < -0.3 is 10.2 Å². The summed E-state index contributed by atoms with van der Waals surface area (Å²) in [4.78, 5) is 2.25. The predicted octanol–water partition coefficient (Wildman–Crippen LogP) is 2.10. The van der Waals surface area contributed by atoms with Crippen molar-refractivity contribution in [1.29, 1.82) is 0 Å². The highest BCUT2D eigenvalue weighted by molar-refractivity contribution is 5.04. The molecule has 3 heterocycles. The number of alkyl halides is 2. The van der Waals surface area contributed by atoms with Crippen LogP contribution in [-0.2, 0) is 0 Å². The monoisotopic (exact) mass is 244 g/mol. The maximum absolute atomic E-state index is 14.2. The Morgan fingerprint density at radius 1 is 1.12 bits per heavy atom. The van der Waals surface area contributed by atoms with E-state index in [1.165, 1.54) is 0 Å². The van der Waals surface area contributed by atoms with Gasteiger partial charge in [0.2, 0.25) is 0 Å². The molecule has 3 aliphatic rings. The summed E-state index contributed by atoms with van der Waals surface area (Å²) in [7, 11) is 2.08. The molecule has 3 atom stereocenters. The molecule has 3 fully saturated rings. The fraction of sp³-hybridized carbons (Fsp3) is 1.00. The molecule has 3 unspecified atom stereocenters. The SMILES string of the molecule is CN1CCC(C2C3CCC(CC2(F)F)N3)CC1. The topological polar surface area (TPSA) is 15.3 Å². The fourth-order valence-corrected chi connectivity index (χ4v) is 4.11. The molecular formula is C13H22F2N2. The van der Waals surface area contributed by atoms with Gasteiger partial charge in [-0.05, 0) is 51.7 Å². The molecule has 0 radical (unpaired) electrons. The maximum atomic E-state index is 14.2. The average Bonchev–Trinajstić information content (AvgIpc) is 2.63. The molecular weight excluding hydrogens is 222 g/mol. The third-order valence-electron chi connectivity index (χ3n) is 4.99. The lowest BCUT2D eigenvalue weighted by Crippen LogP contribution is -2.55. The van der Waals surface area contributed by atoms with Gasteiger partial charge in [-0.3, -0.25) is 0 Å². The number of hydrogen-bond acceptors (Lipinski definition) is 2. The molecule has 0 aromatic carbocycles. The van der Waals surface area contributed by atoms with Crippen LogP contribution in [0.15, 0.2) is 0 Å². The zero-order valence-electron chi connectivity index (χ0n) is 10.5. The molecule has 2 bridgehead atoms. The van der Waals surface area contributed by atoms with Gasteiger partial charge >= 0.3 is 0 Å². The molecule has 1 N–H and O–H groups in total. The second kappa shape index (κ2) is 4.16. The van der Waals surface area contributed by atoms with Crippen LogP contribution in [0.2, 0.25) is 0 Å². The van der Waals surface area contributed by atoms with Crippen molar-refractivity contribution in [2.45, 2.75) is 50.1 Å². The summed E-state index contributed by atoms with van der Waals surface area (Å²) in [5.74, 6) is -2.62. The molecule has 0 aromatic rings. The first-order valence-corrected chi connectivity index (χ1v) is 6.89. The van der Waals surface area contributed by atoms with Crippen molar-refractivity contribution in [3.63, 3.8) is 0 Å². The molecule has 98 valence electrons. The van der Waals surface area contributed by atoms with Crippen LogP contribution >= 0.6 is 0 Å². The zero-order valence-corrected chi connectivity index (χ0v) is 10.5. The van der Waals surface area contributed by atoms with Gasteiger partial charge in [0.1, 0.15) is 0 Å². The van der Waals surface area contributed by atoms with E-state index in [0.29, 0.717) is 0 Å². The molecule has 4 heteroatoms. The summed E-state index contributed by atoms with van der Waals surface area (Å²) >= 11 is 0. The van der Waals surface area contributed by atoms with E-state index in [1.807, 2.05) is 0 Å². The summed E-state index contributed by atoms with van der Waals surface area (Å²) in [6.07, 6.45) is 3.86. The van der Waals surface area contributed by atoms with Crippen LogP contribution in [0.4, 0.5) is 8.78 Å². The lowest BCUT2D eigenvalue weighted by molar-refractivity contribution is -0.123. The fourth-order valence-electron chi connectivity index (χ4n) is 4.11. The molecule has 17 heavy (non-hydrogen) atoms. The van der Waals surface area contributed by atoms with Gasteiger partial charge in [-0.25, -0.2) is 8.78 Å². The number of nitrogens with one attached hydrogen (secondary N) is 1. The molecule has 2 nitrogen and oxygen atoms in total. The van der Waals surface area contributed by atoms with E-state index in [-0.39, 0.29) is 24.4 Å². The molecule has 3 rings (SSSR count). The van der Waals surface area contributed by atoms with Crippen LogP contribution in [0.1, 0.15) is 32.1 Å². The van der Waals surface area contributed by atoms with Gasteiger partial charge in [0.05, 0.1) is 0 Å². The van der Waals surface area contributed by atoms with E-state index in [4.69, 9.17) is 0 Å². The Morgan fingerprint density at radius 3 is 2.53 bits per heavy atom. The van der Waals surface area contributed by atoms with E-state index in [1.54, 1.807) is 0 Å². The Kier molecular flexibility index (Phi) is 2.90. The Hall–Kier alpha value is -0.220. The van der Waals surface area contributed by atoms with Gasteiger partial charge in [-0.15, -0.1) is 0 Å². The van der Waals surface area contributed by atoms with E-state index in [9.17, 15) is 8.78 Å². The van der Waals surface area contributed by atoms with E-state index in [0.717, 1.165) is 38.8 Å². The number of piperidine rings is 2. The van der Waals surface area contributed by atoms with Crippen LogP contribution in [0.5, 0.6) is 0 Å². The summed E-state index contributed by atoms with van der Waals surface area (Å²) in [6.45, 7) is 1.96. The number of nitrogens with zero attached hydrogens (tertiary/aromatic N) is 1. The molecule has 0 saturated carbocycles. The number of likely N-dealkylation sites (tertiary alicyclic amines) is 1. The standard InChI is InChI=1S/C13H22F2N2/c1-17-6-4-9(5-7-17)12-11-3-2-10(16-11)8-13(12,14)15/h9-12,16H,2-8H2,1H3. The number of halogens is 2. The summed E-state index contributed by atoms with van der Waals surface area (Å²) in [5, 5.41) is 3.41. The van der Waals surface area contributed by atoms with Crippen molar-refractivity contribution in [3.05, 3.63) is 0 Å². The highest BCUT2D eigenvalue weighted by atomic mass is 19.3. The Morgan fingerprint density at radius 2 is 1.82 bits per heavy atom. The number of rotatable bonds is 1. The van der Waals surface area contributed by atoms with Crippen molar-refractivity contribution < 1.29 is 8.78 Å².